The fourth-order valence-electron chi connectivity index (χ4n) is 1.51. The Kier molecular flexibility index (Phi) is 2.95. The fourth-order valence-corrected chi connectivity index (χ4v) is 2.43. The lowest BCUT2D eigenvalue weighted by molar-refractivity contribution is 0.100. The minimum atomic E-state index is -0.567. The number of carbonyl (C=O) groups is 1. The molecule has 0 saturated carbocycles. The van der Waals surface area contributed by atoms with Crippen molar-refractivity contribution < 1.29 is 4.79 Å². The number of aromatic amines is 1. The average molecular weight is 266 g/mol. The van der Waals surface area contributed by atoms with Crippen molar-refractivity contribution in [1.29, 1.82) is 0 Å². The van der Waals surface area contributed by atoms with E-state index in [0.29, 0.717) is 25.8 Å². The Hall–Kier alpha value is -1.73. The third-order valence-corrected chi connectivity index (χ3v) is 3.50. The van der Waals surface area contributed by atoms with Gasteiger partial charge >= 0.3 is 0 Å². The highest BCUT2D eigenvalue weighted by Gasteiger charge is 2.17. The van der Waals surface area contributed by atoms with Gasteiger partial charge in [0.15, 0.2) is 3.95 Å². The van der Waals surface area contributed by atoms with Gasteiger partial charge in [-0.15, -0.1) is 0 Å². The van der Waals surface area contributed by atoms with Gasteiger partial charge < -0.3 is 11.5 Å². The summed E-state index contributed by atoms with van der Waals surface area (Å²) < 4.78 is 0.537. The number of hydrogen-bond donors (Lipinski definition) is 3. The molecule has 0 bridgehead atoms. The number of nitrogens with one attached hydrogen (secondary N) is 1. The monoisotopic (exact) mass is 266 g/mol. The Balaban J connectivity index is 2.74. The molecule has 0 aliphatic heterocycles. The third-order valence-electron chi connectivity index (χ3n) is 2.38. The van der Waals surface area contributed by atoms with Gasteiger partial charge in [0.2, 0.25) is 0 Å². The molecule has 2 rings (SSSR count). The van der Waals surface area contributed by atoms with E-state index in [1.807, 2.05) is 13.0 Å². The number of amides is 1. The molecular formula is C10H10N4OS2. The number of nitrogens with zero attached hydrogens (tertiary/aromatic N) is 1. The molecule has 0 spiro atoms. The summed E-state index contributed by atoms with van der Waals surface area (Å²) in [4.78, 5) is 11.5. The number of nitrogen functional groups attached to an aromatic ring is 1. The van der Waals surface area contributed by atoms with Gasteiger partial charge in [0, 0.05) is 11.3 Å². The van der Waals surface area contributed by atoms with Crippen LogP contribution in [0.4, 0.5) is 5.69 Å². The van der Waals surface area contributed by atoms with Crippen LogP contribution >= 0.6 is 23.6 Å². The van der Waals surface area contributed by atoms with Crippen LogP contribution in [0, 0.1) is 10.9 Å². The Labute approximate surface area is 106 Å². The van der Waals surface area contributed by atoms with Crippen LogP contribution in [0.3, 0.4) is 0 Å². The first-order valence-corrected chi connectivity index (χ1v) is 5.98. The predicted octanol–water partition coefficient (Wildman–Crippen LogP) is 1.86. The van der Waals surface area contributed by atoms with Crippen molar-refractivity contribution in [2.45, 2.75) is 6.92 Å². The van der Waals surface area contributed by atoms with E-state index >= 15 is 0 Å². The van der Waals surface area contributed by atoms with E-state index in [0.717, 1.165) is 5.56 Å². The molecule has 1 heterocycles. The minimum absolute atomic E-state index is 0.294. The minimum Gasteiger partial charge on any atom is -0.398 e. The first-order chi connectivity index (χ1) is 8.00. The van der Waals surface area contributed by atoms with Crippen molar-refractivity contribution in [3.05, 3.63) is 27.2 Å². The van der Waals surface area contributed by atoms with Gasteiger partial charge in [-0.2, -0.15) is 5.10 Å². The van der Waals surface area contributed by atoms with Crippen molar-refractivity contribution in [3.8, 4) is 10.6 Å². The van der Waals surface area contributed by atoms with Crippen LogP contribution in [0.1, 0.15) is 15.9 Å². The first-order valence-electron chi connectivity index (χ1n) is 4.75. The van der Waals surface area contributed by atoms with Gasteiger partial charge in [-0.3, -0.25) is 9.89 Å². The number of aromatic nitrogens is 2. The van der Waals surface area contributed by atoms with Crippen molar-refractivity contribution in [2.75, 3.05) is 5.73 Å². The van der Waals surface area contributed by atoms with Crippen molar-refractivity contribution in [3.63, 3.8) is 0 Å². The Morgan fingerprint density at radius 2 is 2.24 bits per heavy atom. The predicted molar refractivity (Wildman–Crippen MR) is 70.4 cm³/mol. The Bertz CT molecular complexity index is 644. The van der Waals surface area contributed by atoms with Crippen LogP contribution < -0.4 is 11.5 Å². The number of carbonyl (C=O) groups excluding carboxylic acids is 1. The molecule has 5 nitrogen and oxygen atoms in total. The van der Waals surface area contributed by atoms with E-state index in [2.05, 4.69) is 10.2 Å². The summed E-state index contributed by atoms with van der Waals surface area (Å²) in [5.74, 6) is -0.567. The summed E-state index contributed by atoms with van der Waals surface area (Å²) in [6, 6.07) is 3.59. The Morgan fingerprint density at radius 3 is 2.76 bits per heavy atom. The highest BCUT2D eigenvalue weighted by Crippen LogP contribution is 2.30. The number of primary amides is 1. The molecule has 1 amide bonds. The molecular weight excluding hydrogens is 256 g/mol. The molecule has 88 valence electrons. The lowest BCUT2D eigenvalue weighted by Crippen LogP contribution is -2.15. The first kappa shape index (κ1) is 11.7. The zero-order valence-corrected chi connectivity index (χ0v) is 10.6. The Morgan fingerprint density at radius 1 is 1.53 bits per heavy atom. The second-order valence-electron chi connectivity index (χ2n) is 3.50. The molecule has 0 aliphatic rings. The number of nitrogens with two attached hydrogens (primary N) is 2. The molecule has 2 aromatic rings. The van der Waals surface area contributed by atoms with E-state index in [1.165, 1.54) is 11.3 Å². The zero-order chi connectivity index (χ0) is 12.6. The molecule has 1 aromatic heterocycles. The van der Waals surface area contributed by atoms with Gasteiger partial charge in [0.25, 0.3) is 5.91 Å². The quantitative estimate of drug-likeness (QED) is 0.570. The molecule has 1 aromatic carbocycles. The second-order valence-corrected chi connectivity index (χ2v) is 5.17. The van der Waals surface area contributed by atoms with Crippen LogP contribution in [0.2, 0.25) is 0 Å². The standard InChI is InChI=1S/C10H10N4OS2/c1-4-2-3-5(6(7(4)11)8(12)15)9-13-14-10(16)17-9/h2-3H,11H2,1H3,(H2,12,15)(H,14,16). The SMILES string of the molecule is Cc1ccc(-c2n[nH]c(=S)s2)c(C(N)=O)c1N. The van der Waals surface area contributed by atoms with E-state index in [1.54, 1.807) is 6.07 Å². The molecule has 17 heavy (non-hydrogen) atoms. The number of hydrogen-bond acceptors (Lipinski definition) is 5. The molecule has 0 unspecified atom stereocenters. The van der Waals surface area contributed by atoms with Crippen molar-refractivity contribution >= 4 is 35.1 Å². The second kappa shape index (κ2) is 4.27. The number of rotatable bonds is 2. The van der Waals surface area contributed by atoms with Gasteiger partial charge in [-0.25, -0.2) is 0 Å². The number of H-pyrrole nitrogens is 1. The molecule has 7 heteroatoms. The summed E-state index contributed by atoms with van der Waals surface area (Å²) in [7, 11) is 0. The van der Waals surface area contributed by atoms with Crippen LogP contribution in [0.15, 0.2) is 12.1 Å². The van der Waals surface area contributed by atoms with Crippen LogP contribution in [-0.4, -0.2) is 16.1 Å². The highest BCUT2D eigenvalue weighted by molar-refractivity contribution is 7.73. The topological polar surface area (TPSA) is 97.8 Å². The fraction of sp³-hybridized carbons (Fsp3) is 0.100. The lowest BCUT2D eigenvalue weighted by atomic mass is 10.0. The molecule has 0 radical (unpaired) electrons. The maximum absolute atomic E-state index is 11.5. The molecule has 5 N–H and O–H groups in total. The maximum Gasteiger partial charge on any atom is 0.251 e. The van der Waals surface area contributed by atoms with Crippen LogP contribution in [-0.2, 0) is 0 Å². The van der Waals surface area contributed by atoms with Gasteiger partial charge in [0.1, 0.15) is 5.01 Å². The maximum atomic E-state index is 11.5. The number of anilines is 1. The average Bonchev–Trinajstić information content (AvgIpc) is 2.68. The van der Waals surface area contributed by atoms with E-state index in [9.17, 15) is 4.79 Å². The lowest BCUT2D eigenvalue weighted by Gasteiger charge is -2.09. The van der Waals surface area contributed by atoms with Crippen LogP contribution in [0.25, 0.3) is 10.6 Å². The number of benzene rings is 1. The van der Waals surface area contributed by atoms with Crippen LogP contribution in [0.5, 0.6) is 0 Å². The van der Waals surface area contributed by atoms with Gasteiger partial charge in [-0.1, -0.05) is 23.5 Å². The van der Waals surface area contributed by atoms with E-state index in [4.69, 9.17) is 23.7 Å². The van der Waals surface area contributed by atoms with Crippen molar-refractivity contribution in [1.82, 2.24) is 10.2 Å². The zero-order valence-electron chi connectivity index (χ0n) is 8.98. The van der Waals surface area contributed by atoms with E-state index in [-0.39, 0.29) is 0 Å². The summed E-state index contributed by atoms with van der Waals surface area (Å²) >= 11 is 6.23. The summed E-state index contributed by atoms with van der Waals surface area (Å²) in [5, 5.41) is 7.29. The largest absolute Gasteiger partial charge is 0.398 e. The normalized spacial score (nSPS) is 10.4. The molecule has 0 saturated heterocycles. The highest BCUT2D eigenvalue weighted by atomic mass is 32.1. The van der Waals surface area contributed by atoms with E-state index < -0.39 is 5.91 Å². The molecule has 0 fully saturated rings. The van der Waals surface area contributed by atoms with Gasteiger partial charge in [-0.05, 0) is 24.7 Å². The van der Waals surface area contributed by atoms with Crippen molar-refractivity contribution in [2.24, 2.45) is 5.73 Å². The summed E-state index contributed by atoms with van der Waals surface area (Å²) in [5.41, 5.74) is 13.3. The third kappa shape index (κ3) is 2.06. The molecule has 0 aliphatic carbocycles. The smallest absolute Gasteiger partial charge is 0.251 e. The number of aryl methyl sites for hydroxylation is 1. The summed E-state index contributed by atoms with van der Waals surface area (Å²) in [6.07, 6.45) is 0. The van der Waals surface area contributed by atoms with Gasteiger partial charge in [0.05, 0.1) is 5.56 Å². The summed E-state index contributed by atoms with van der Waals surface area (Å²) in [6.45, 7) is 1.82. The molecule has 0 atom stereocenters.